The van der Waals surface area contributed by atoms with Crippen LogP contribution in [0.4, 0.5) is 5.69 Å². The molecule has 21 heavy (non-hydrogen) atoms. The number of benzene rings is 1. The first-order chi connectivity index (χ1) is 10.0. The molecule has 0 saturated heterocycles. The van der Waals surface area contributed by atoms with Crippen molar-refractivity contribution < 1.29 is 4.79 Å². The summed E-state index contributed by atoms with van der Waals surface area (Å²) in [5.74, 6) is 0.189. The van der Waals surface area contributed by atoms with E-state index in [2.05, 4.69) is 24.1 Å². The third-order valence-corrected chi connectivity index (χ3v) is 4.22. The monoisotopic (exact) mass is 303 g/mol. The minimum atomic E-state index is -0.161. The van der Waals surface area contributed by atoms with E-state index < -0.39 is 0 Å². The SMILES string of the molecule is Cc1cccc(C(C)C)c1NC(=O)c1csc(CCN)n1. The summed E-state index contributed by atoms with van der Waals surface area (Å²) in [6.07, 6.45) is 0.708. The van der Waals surface area contributed by atoms with Crippen molar-refractivity contribution >= 4 is 22.9 Å². The first kappa shape index (κ1) is 15.7. The summed E-state index contributed by atoms with van der Waals surface area (Å²) in [4.78, 5) is 16.7. The minimum absolute atomic E-state index is 0.161. The normalized spacial score (nSPS) is 10.9. The number of hydrogen-bond acceptors (Lipinski definition) is 4. The first-order valence-corrected chi connectivity index (χ1v) is 7.96. The number of anilines is 1. The third-order valence-electron chi connectivity index (χ3n) is 3.31. The van der Waals surface area contributed by atoms with Gasteiger partial charge in [0.1, 0.15) is 5.69 Å². The van der Waals surface area contributed by atoms with Crippen LogP contribution in [0.5, 0.6) is 0 Å². The van der Waals surface area contributed by atoms with E-state index >= 15 is 0 Å². The Labute approximate surface area is 129 Å². The minimum Gasteiger partial charge on any atom is -0.330 e. The van der Waals surface area contributed by atoms with Crippen molar-refractivity contribution in [3.8, 4) is 0 Å². The quantitative estimate of drug-likeness (QED) is 0.890. The van der Waals surface area contributed by atoms with Crippen molar-refractivity contribution in [2.45, 2.75) is 33.1 Å². The molecule has 2 rings (SSSR count). The molecule has 0 unspecified atom stereocenters. The van der Waals surface area contributed by atoms with E-state index in [1.165, 1.54) is 11.3 Å². The molecule has 112 valence electrons. The number of nitrogens with zero attached hydrogens (tertiary/aromatic N) is 1. The summed E-state index contributed by atoms with van der Waals surface area (Å²) in [6, 6.07) is 6.07. The van der Waals surface area contributed by atoms with Crippen molar-refractivity contribution in [2.24, 2.45) is 5.73 Å². The molecule has 1 heterocycles. The lowest BCUT2D eigenvalue weighted by Gasteiger charge is -2.15. The summed E-state index contributed by atoms with van der Waals surface area (Å²) < 4.78 is 0. The van der Waals surface area contributed by atoms with Gasteiger partial charge in [-0.25, -0.2) is 4.98 Å². The second-order valence-electron chi connectivity index (χ2n) is 5.31. The molecule has 0 aliphatic heterocycles. The Morgan fingerprint density at radius 3 is 2.86 bits per heavy atom. The second-order valence-corrected chi connectivity index (χ2v) is 6.26. The lowest BCUT2D eigenvalue weighted by atomic mass is 9.98. The number of nitrogens with one attached hydrogen (secondary N) is 1. The van der Waals surface area contributed by atoms with Crippen LogP contribution in [0.1, 0.15) is 46.4 Å². The van der Waals surface area contributed by atoms with E-state index in [1.807, 2.05) is 25.1 Å². The van der Waals surface area contributed by atoms with E-state index in [1.54, 1.807) is 5.38 Å². The van der Waals surface area contributed by atoms with Gasteiger partial charge in [0.25, 0.3) is 5.91 Å². The molecular formula is C16H21N3OS. The van der Waals surface area contributed by atoms with Gasteiger partial charge in [-0.1, -0.05) is 32.0 Å². The molecule has 2 aromatic rings. The van der Waals surface area contributed by atoms with Gasteiger partial charge in [0, 0.05) is 17.5 Å². The van der Waals surface area contributed by atoms with Crippen molar-refractivity contribution in [3.05, 3.63) is 45.4 Å². The zero-order valence-electron chi connectivity index (χ0n) is 12.6. The van der Waals surface area contributed by atoms with Crippen LogP contribution in [-0.2, 0) is 6.42 Å². The van der Waals surface area contributed by atoms with Crippen LogP contribution in [0.25, 0.3) is 0 Å². The Morgan fingerprint density at radius 1 is 1.43 bits per heavy atom. The number of carbonyl (C=O) groups excluding carboxylic acids is 1. The van der Waals surface area contributed by atoms with Crippen molar-refractivity contribution in [1.82, 2.24) is 4.98 Å². The number of amides is 1. The average Bonchev–Trinajstić information content (AvgIpc) is 2.90. The fraction of sp³-hybridized carbons (Fsp3) is 0.375. The van der Waals surface area contributed by atoms with Crippen LogP contribution in [0.3, 0.4) is 0 Å². The number of aryl methyl sites for hydroxylation is 1. The van der Waals surface area contributed by atoms with E-state index in [9.17, 15) is 4.79 Å². The number of rotatable bonds is 5. The van der Waals surface area contributed by atoms with Crippen LogP contribution in [0.2, 0.25) is 0 Å². The van der Waals surface area contributed by atoms with Gasteiger partial charge in [0.05, 0.1) is 5.01 Å². The summed E-state index contributed by atoms with van der Waals surface area (Å²) in [7, 11) is 0. The molecular weight excluding hydrogens is 282 g/mol. The van der Waals surface area contributed by atoms with Crippen molar-refractivity contribution in [1.29, 1.82) is 0 Å². The number of hydrogen-bond donors (Lipinski definition) is 2. The molecule has 0 radical (unpaired) electrons. The standard InChI is InChI=1S/C16H21N3OS/c1-10(2)12-6-4-5-11(3)15(12)19-16(20)13-9-21-14(18-13)7-8-17/h4-6,9-10H,7-8,17H2,1-3H3,(H,19,20). The van der Waals surface area contributed by atoms with Gasteiger partial charge in [-0.05, 0) is 30.5 Å². The fourth-order valence-corrected chi connectivity index (χ4v) is 2.97. The predicted molar refractivity (Wildman–Crippen MR) is 88.1 cm³/mol. The van der Waals surface area contributed by atoms with Crippen LogP contribution < -0.4 is 11.1 Å². The molecule has 4 nitrogen and oxygen atoms in total. The van der Waals surface area contributed by atoms with Gasteiger partial charge in [-0.2, -0.15) is 0 Å². The molecule has 1 aromatic carbocycles. The van der Waals surface area contributed by atoms with E-state index in [0.29, 0.717) is 24.6 Å². The summed E-state index contributed by atoms with van der Waals surface area (Å²) in [5.41, 5.74) is 9.06. The maximum atomic E-state index is 12.4. The number of thiazole rings is 1. The maximum Gasteiger partial charge on any atom is 0.275 e. The van der Waals surface area contributed by atoms with Gasteiger partial charge in [0.2, 0.25) is 0 Å². The summed E-state index contributed by atoms with van der Waals surface area (Å²) in [6.45, 7) is 6.78. The first-order valence-electron chi connectivity index (χ1n) is 7.08. The van der Waals surface area contributed by atoms with Crippen LogP contribution in [0, 0.1) is 6.92 Å². The molecule has 0 atom stereocenters. The molecule has 0 bridgehead atoms. The average molecular weight is 303 g/mol. The largest absolute Gasteiger partial charge is 0.330 e. The van der Waals surface area contributed by atoms with Crippen LogP contribution >= 0.6 is 11.3 Å². The zero-order valence-corrected chi connectivity index (χ0v) is 13.5. The second kappa shape index (κ2) is 6.83. The third kappa shape index (κ3) is 3.68. The Bertz CT molecular complexity index is 634. The summed E-state index contributed by atoms with van der Waals surface area (Å²) in [5, 5.41) is 5.69. The molecule has 3 N–H and O–H groups in total. The lowest BCUT2D eigenvalue weighted by Crippen LogP contribution is -2.15. The molecule has 0 fully saturated rings. The smallest absolute Gasteiger partial charge is 0.275 e. The Hall–Kier alpha value is -1.72. The zero-order chi connectivity index (χ0) is 15.4. The predicted octanol–water partition coefficient (Wildman–Crippen LogP) is 3.33. The molecule has 5 heteroatoms. The Kier molecular flexibility index (Phi) is 5.09. The Morgan fingerprint density at radius 2 is 2.19 bits per heavy atom. The van der Waals surface area contributed by atoms with E-state index in [4.69, 9.17) is 5.73 Å². The molecule has 0 aliphatic carbocycles. The van der Waals surface area contributed by atoms with Crippen molar-refractivity contribution in [3.63, 3.8) is 0 Å². The molecule has 0 aliphatic rings. The van der Waals surface area contributed by atoms with Crippen LogP contribution in [0.15, 0.2) is 23.6 Å². The van der Waals surface area contributed by atoms with Gasteiger partial charge >= 0.3 is 0 Å². The highest BCUT2D eigenvalue weighted by Gasteiger charge is 2.15. The van der Waals surface area contributed by atoms with Gasteiger partial charge in [0.15, 0.2) is 0 Å². The molecule has 1 aromatic heterocycles. The van der Waals surface area contributed by atoms with Gasteiger partial charge in [-0.3, -0.25) is 4.79 Å². The highest BCUT2D eigenvalue weighted by molar-refractivity contribution is 7.09. The van der Waals surface area contributed by atoms with E-state index in [0.717, 1.165) is 21.8 Å². The Balaban J connectivity index is 2.23. The van der Waals surface area contributed by atoms with Crippen molar-refractivity contribution in [2.75, 3.05) is 11.9 Å². The van der Waals surface area contributed by atoms with Gasteiger partial charge < -0.3 is 11.1 Å². The van der Waals surface area contributed by atoms with E-state index in [-0.39, 0.29) is 5.91 Å². The fourth-order valence-electron chi connectivity index (χ4n) is 2.17. The summed E-state index contributed by atoms with van der Waals surface area (Å²) >= 11 is 1.48. The number of aromatic nitrogens is 1. The molecule has 1 amide bonds. The lowest BCUT2D eigenvalue weighted by molar-refractivity contribution is 0.102. The van der Waals surface area contributed by atoms with Gasteiger partial charge in [-0.15, -0.1) is 11.3 Å². The topological polar surface area (TPSA) is 68.0 Å². The highest BCUT2D eigenvalue weighted by Crippen LogP contribution is 2.28. The van der Waals surface area contributed by atoms with Crippen LogP contribution in [-0.4, -0.2) is 17.4 Å². The number of para-hydroxylation sites is 1. The molecule has 0 spiro atoms. The molecule has 0 saturated carbocycles. The highest BCUT2D eigenvalue weighted by atomic mass is 32.1. The maximum absolute atomic E-state index is 12.4. The number of nitrogens with two attached hydrogens (primary N) is 1. The number of carbonyl (C=O) groups is 1.